The molecule has 0 unspecified atom stereocenters. The molecule has 0 spiro atoms. The predicted octanol–water partition coefficient (Wildman–Crippen LogP) is -3.84. The van der Waals surface area contributed by atoms with Crippen LogP contribution in [0, 0.1) is 0 Å². The first-order valence-corrected chi connectivity index (χ1v) is 2.68. The van der Waals surface area contributed by atoms with Gasteiger partial charge in [-0.2, -0.15) is 0 Å². The average Bonchev–Trinajstić information content (AvgIpc) is 0.722. The summed E-state index contributed by atoms with van der Waals surface area (Å²) >= 11 is 0. The van der Waals surface area contributed by atoms with E-state index in [4.69, 9.17) is 19.2 Å². The summed E-state index contributed by atoms with van der Waals surface area (Å²) in [7, 11) is -4.61. The molecule has 0 atom stereocenters. The van der Waals surface area contributed by atoms with E-state index in [1.165, 1.54) is 0 Å². The molecule has 0 aromatic heterocycles. The molecule has 4 nitrogen and oxygen atoms in total. The Morgan fingerprint density at radius 3 is 1.00 bits per heavy atom. The van der Waals surface area contributed by atoms with E-state index in [0.717, 1.165) is 0 Å². The van der Waals surface area contributed by atoms with Gasteiger partial charge < -0.3 is 24.9 Å². The Hall–Kier alpha value is 3.00. The first-order chi connectivity index (χ1) is 2.00. The molecule has 2 radical (unpaired) electrons. The summed E-state index contributed by atoms with van der Waals surface area (Å²) < 4.78 is 0. The Bertz CT molecular complexity index is 42.5. The second-order valence-corrected chi connectivity index (χ2v) is 1.80. The molecule has 0 fully saturated rings. The molecule has 0 saturated carbocycles. The second kappa shape index (κ2) is 10.0. The Morgan fingerprint density at radius 1 is 1.00 bits per heavy atom. The second-order valence-electron chi connectivity index (χ2n) is 0.600. The molecule has 0 aromatic rings. The van der Waals surface area contributed by atoms with E-state index >= 15 is 0 Å². The maximum absolute atomic E-state index is 7.33. The molecule has 0 saturated heterocycles. The maximum atomic E-state index is 7.33. The van der Waals surface area contributed by atoms with E-state index in [1.54, 1.807) is 0 Å². The van der Waals surface area contributed by atoms with Crippen molar-refractivity contribution in [3.63, 3.8) is 0 Å². The van der Waals surface area contributed by atoms with Crippen LogP contribution < -0.4 is 0 Å². The molecule has 0 rings (SSSR count). The zero-order valence-corrected chi connectivity index (χ0v) is 14.5. The number of hydrogen-bond acceptors (Lipinski definition) is 4. The van der Waals surface area contributed by atoms with Crippen molar-refractivity contribution < 1.29 is 24.9 Å². The molecular formula is H10CaMgO4PbSi. The van der Waals surface area contributed by atoms with Gasteiger partial charge in [0, 0.05) is 0 Å². The standard InChI is InChI=1S/Ca.Mg.H4O4Si.Pb.6H/c;;1-5(2,3)4;;;;;;;/h;;1-4H;;;;;;;/q2*+2;;;;;4*-1. The Kier molecular flexibility index (Phi) is 28.1. The molecule has 0 aliphatic carbocycles. The van der Waals surface area contributed by atoms with Crippen molar-refractivity contribution in [1.29, 1.82) is 0 Å². The monoisotopic (exact) mass is 374 g/mol. The van der Waals surface area contributed by atoms with Crippen LogP contribution in [0.15, 0.2) is 0 Å². The molecule has 46 valence electrons. The fourth-order valence-corrected chi connectivity index (χ4v) is 0. The molecule has 0 aromatic carbocycles. The van der Waals surface area contributed by atoms with E-state index in [1.807, 2.05) is 0 Å². The van der Waals surface area contributed by atoms with Crippen LogP contribution in [0.2, 0.25) is 0 Å². The zero-order chi connectivity index (χ0) is 4.50. The molecule has 0 aliphatic heterocycles. The van der Waals surface area contributed by atoms with Gasteiger partial charge in [0.2, 0.25) is 0 Å². The Morgan fingerprint density at radius 2 is 1.00 bits per heavy atom. The van der Waals surface area contributed by atoms with Crippen LogP contribution in [-0.4, -0.2) is 116 Å². The van der Waals surface area contributed by atoms with Crippen LogP contribution >= 0.6 is 0 Å². The van der Waals surface area contributed by atoms with Gasteiger partial charge in [-0.15, -0.1) is 0 Å². The van der Waals surface area contributed by atoms with Gasteiger partial charge in [0.1, 0.15) is 0 Å². The molecule has 8 heavy (non-hydrogen) atoms. The van der Waals surface area contributed by atoms with Crippen molar-refractivity contribution in [3.05, 3.63) is 0 Å². The van der Waals surface area contributed by atoms with E-state index in [-0.39, 0.29) is 93.8 Å². The average molecular weight is 374 g/mol. The number of hydrogen-bond donors (Lipinski definition) is 4. The fraction of sp³-hybridized carbons (Fsp3) is 0. The Labute approximate surface area is 120 Å². The van der Waals surface area contributed by atoms with Crippen molar-refractivity contribution >= 4 is 97.1 Å². The van der Waals surface area contributed by atoms with Gasteiger partial charge in [0.15, 0.2) is 0 Å². The third-order valence-electron chi connectivity index (χ3n) is 0. The quantitative estimate of drug-likeness (QED) is 0.328. The summed E-state index contributed by atoms with van der Waals surface area (Å²) in [5.41, 5.74) is 0. The van der Waals surface area contributed by atoms with Gasteiger partial charge in [-0.05, 0) is 0 Å². The summed E-state index contributed by atoms with van der Waals surface area (Å²) in [4.78, 5) is 29.3. The Balaban J connectivity index is -0.00000000381. The predicted molar refractivity (Wildman–Crippen MR) is 39.1 cm³/mol. The van der Waals surface area contributed by atoms with Gasteiger partial charge in [-0.3, -0.25) is 0 Å². The van der Waals surface area contributed by atoms with Crippen LogP contribution in [0.25, 0.3) is 0 Å². The third-order valence-corrected chi connectivity index (χ3v) is 0. The molecule has 0 bridgehead atoms. The summed E-state index contributed by atoms with van der Waals surface area (Å²) in [5.74, 6) is 0. The van der Waals surface area contributed by atoms with Gasteiger partial charge in [0.05, 0.1) is 0 Å². The van der Waals surface area contributed by atoms with Crippen LogP contribution in [0.1, 0.15) is 5.71 Å². The van der Waals surface area contributed by atoms with Crippen molar-refractivity contribution in [2.45, 2.75) is 0 Å². The molecule has 8 heteroatoms. The summed E-state index contributed by atoms with van der Waals surface area (Å²) in [6, 6.07) is 0. The molecule has 0 amide bonds. The summed E-state index contributed by atoms with van der Waals surface area (Å²) in [6.07, 6.45) is 0. The van der Waals surface area contributed by atoms with Gasteiger partial charge in [0.25, 0.3) is 0 Å². The van der Waals surface area contributed by atoms with Gasteiger partial charge >= 0.3 is 97.1 Å². The molecule has 4 N–H and O–H groups in total. The molecule has 0 aliphatic rings. The van der Waals surface area contributed by atoms with Crippen LogP contribution in [0.3, 0.4) is 0 Å². The first-order valence-electron chi connectivity index (χ1n) is 0.894. The topological polar surface area (TPSA) is 80.9 Å². The van der Waals surface area contributed by atoms with Crippen molar-refractivity contribution in [1.82, 2.24) is 0 Å². The van der Waals surface area contributed by atoms with Crippen molar-refractivity contribution in [2.75, 3.05) is 0 Å². The SMILES string of the molecule is O[Si](O)(O)O.[Ca+2].[H-].[H-].[H-].[H-].[Mg+2].[PbH2]. The first kappa shape index (κ1) is 22.4. The molecular weight excluding hydrogens is 364 g/mol. The van der Waals surface area contributed by atoms with Crippen molar-refractivity contribution in [2.24, 2.45) is 0 Å². The third kappa shape index (κ3) is 63.9. The van der Waals surface area contributed by atoms with Gasteiger partial charge in [-0.25, -0.2) is 0 Å². The van der Waals surface area contributed by atoms with E-state index in [9.17, 15) is 0 Å². The van der Waals surface area contributed by atoms with E-state index in [0.29, 0.717) is 0 Å². The normalized spacial score (nSPS) is 7.50. The fourth-order valence-electron chi connectivity index (χ4n) is 0. The zero-order valence-electron chi connectivity index (χ0n) is 8.41. The minimum absolute atomic E-state index is 0. The summed E-state index contributed by atoms with van der Waals surface area (Å²) in [5, 5.41) is 0. The van der Waals surface area contributed by atoms with Gasteiger partial charge in [-0.1, -0.05) is 0 Å². The van der Waals surface area contributed by atoms with Crippen LogP contribution in [0.4, 0.5) is 0 Å². The van der Waals surface area contributed by atoms with E-state index < -0.39 is 9.05 Å². The van der Waals surface area contributed by atoms with Crippen LogP contribution in [0.5, 0.6) is 0 Å². The van der Waals surface area contributed by atoms with Crippen molar-refractivity contribution in [3.8, 4) is 0 Å². The van der Waals surface area contributed by atoms with E-state index in [2.05, 4.69) is 0 Å². The minimum atomic E-state index is -4.61. The molecule has 0 heterocycles. The van der Waals surface area contributed by atoms with Crippen LogP contribution in [-0.2, 0) is 0 Å². The number of rotatable bonds is 0. The summed E-state index contributed by atoms with van der Waals surface area (Å²) in [6.45, 7) is 0.